The monoisotopic (exact) mass is 275 g/mol. The first-order chi connectivity index (χ1) is 9.74. The standard InChI is InChI=1S/C13H17N5O2/c14-6-7-18-8-11(16-17-18)13(20)15-12(9-19)10-4-2-1-3-5-10/h1-5,8,12,19H,6-7,9,14H2,(H,15,20). The van der Waals surface area contributed by atoms with Crippen LogP contribution in [0.2, 0.25) is 0 Å². The van der Waals surface area contributed by atoms with Crippen molar-refractivity contribution in [2.45, 2.75) is 12.6 Å². The molecule has 1 amide bonds. The van der Waals surface area contributed by atoms with E-state index in [1.54, 1.807) is 0 Å². The Bertz CT molecular complexity index is 555. The van der Waals surface area contributed by atoms with Gasteiger partial charge in [0.15, 0.2) is 5.69 Å². The number of amides is 1. The molecule has 0 spiro atoms. The Morgan fingerprint density at radius 2 is 2.15 bits per heavy atom. The number of carbonyl (C=O) groups excluding carboxylic acids is 1. The SMILES string of the molecule is NCCn1cc(C(=O)NC(CO)c2ccccc2)nn1. The topological polar surface area (TPSA) is 106 Å². The highest BCUT2D eigenvalue weighted by Crippen LogP contribution is 2.12. The van der Waals surface area contributed by atoms with E-state index in [-0.39, 0.29) is 18.2 Å². The van der Waals surface area contributed by atoms with Gasteiger partial charge in [-0.25, -0.2) is 0 Å². The number of nitrogens with two attached hydrogens (primary N) is 1. The van der Waals surface area contributed by atoms with Crippen molar-refractivity contribution in [3.63, 3.8) is 0 Å². The summed E-state index contributed by atoms with van der Waals surface area (Å²) in [6.07, 6.45) is 1.53. The second kappa shape index (κ2) is 6.78. The lowest BCUT2D eigenvalue weighted by Gasteiger charge is -2.15. The average molecular weight is 275 g/mol. The Hall–Kier alpha value is -2.25. The average Bonchev–Trinajstić information content (AvgIpc) is 2.94. The largest absolute Gasteiger partial charge is 0.394 e. The van der Waals surface area contributed by atoms with Gasteiger partial charge in [0.05, 0.1) is 25.4 Å². The molecule has 7 heteroatoms. The van der Waals surface area contributed by atoms with E-state index in [2.05, 4.69) is 15.6 Å². The van der Waals surface area contributed by atoms with E-state index >= 15 is 0 Å². The zero-order chi connectivity index (χ0) is 14.4. The van der Waals surface area contributed by atoms with Crippen LogP contribution in [-0.4, -0.2) is 39.2 Å². The number of hydrogen-bond acceptors (Lipinski definition) is 5. The highest BCUT2D eigenvalue weighted by atomic mass is 16.3. The van der Waals surface area contributed by atoms with E-state index in [0.29, 0.717) is 13.1 Å². The fourth-order valence-corrected chi connectivity index (χ4v) is 1.80. The van der Waals surface area contributed by atoms with E-state index in [1.807, 2.05) is 30.3 Å². The van der Waals surface area contributed by atoms with E-state index in [9.17, 15) is 9.90 Å². The minimum atomic E-state index is -0.469. The predicted molar refractivity (Wildman–Crippen MR) is 72.8 cm³/mol. The van der Waals surface area contributed by atoms with Crippen molar-refractivity contribution in [1.82, 2.24) is 20.3 Å². The van der Waals surface area contributed by atoms with Crippen LogP contribution in [0.3, 0.4) is 0 Å². The van der Waals surface area contributed by atoms with Crippen molar-refractivity contribution in [3.05, 3.63) is 47.8 Å². The molecule has 0 aliphatic heterocycles. The van der Waals surface area contributed by atoms with E-state index in [0.717, 1.165) is 5.56 Å². The molecule has 106 valence electrons. The minimum Gasteiger partial charge on any atom is -0.394 e. The number of nitrogens with one attached hydrogen (secondary N) is 1. The minimum absolute atomic E-state index is 0.188. The zero-order valence-corrected chi connectivity index (χ0v) is 10.9. The summed E-state index contributed by atoms with van der Waals surface area (Å²) in [7, 11) is 0. The van der Waals surface area contributed by atoms with Gasteiger partial charge < -0.3 is 16.2 Å². The molecule has 4 N–H and O–H groups in total. The van der Waals surface area contributed by atoms with Gasteiger partial charge in [0.25, 0.3) is 5.91 Å². The van der Waals surface area contributed by atoms with Gasteiger partial charge in [-0.3, -0.25) is 9.48 Å². The fourth-order valence-electron chi connectivity index (χ4n) is 1.80. The van der Waals surface area contributed by atoms with Crippen LogP contribution in [0.1, 0.15) is 22.1 Å². The molecule has 2 aromatic rings. The maximum atomic E-state index is 12.0. The van der Waals surface area contributed by atoms with Crippen molar-refractivity contribution in [2.75, 3.05) is 13.2 Å². The molecule has 1 aromatic carbocycles. The summed E-state index contributed by atoms with van der Waals surface area (Å²) in [6.45, 7) is 0.739. The molecular weight excluding hydrogens is 258 g/mol. The summed E-state index contributed by atoms with van der Waals surface area (Å²) in [5.41, 5.74) is 6.43. The van der Waals surface area contributed by atoms with Crippen molar-refractivity contribution in [2.24, 2.45) is 5.73 Å². The lowest BCUT2D eigenvalue weighted by Crippen LogP contribution is -2.31. The molecule has 20 heavy (non-hydrogen) atoms. The molecule has 0 bridgehead atoms. The lowest BCUT2D eigenvalue weighted by atomic mass is 10.1. The van der Waals surface area contributed by atoms with Crippen LogP contribution >= 0.6 is 0 Å². The Labute approximate surface area is 116 Å². The number of carbonyl (C=O) groups is 1. The van der Waals surface area contributed by atoms with Gasteiger partial charge in [-0.15, -0.1) is 5.10 Å². The Kier molecular flexibility index (Phi) is 4.80. The fraction of sp³-hybridized carbons (Fsp3) is 0.308. The molecule has 1 heterocycles. The zero-order valence-electron chi connectivity index (χ0n) is 10.9. The number of hydrogen-bond donors (Lipinski definition) is 3. The molecular formula is C13H17N5O2. The van der Waals surface area contributed by atoms with Gasteiger partial charge in [-0.2, -0.15) is 0 Å². The summed E-state index contributed by atoms with van der Waals surface area (Å²) >= 11 is 0. The molecule has 7 nitrogen and oxygen atoms in total. The molecule has 0 aliphatic carbocycles. The molecule has 0 saturated heterocycles. The van der Waals surface area contributed by atoms with E-state index in [1.165, 1.54) is 10.9 Å². The molecule has 0 saturated carbocycles. The smallest absolute Gasteiger partial charge is 0.274 e. The number of aliphatic hydroxyl groups excluding tert-OH is 1. The van der Waals surface area contributed by atoms with E-state index in [4.69, 9.17) is 5.73 Å². The number of benzene rings is 1. The molecule has 2 rings (SSSR count). The first-order valence-electron chi connectivity index (χ1n) is 6.31. The first kappa shape index (κ1) is 14.2. The van der Waals surface area contributed by atoms with Crippen LogP contribution in [-0.2, 0) is 6.54 Å². The van der Waals surface area contributed by atoms with Crippen molar-refractivity contribution in [3.8, 4) is 0 Å². The van der Waals surface area contributed by atoms with Crippen LogP contribution in [0.25, 0.3) is 0 Å². The van der Waals surface area contributed by atoms with Crippen LogP contribution in [0, 0.1) is 0 Å². The summed E-state index contributed by atoms with van der Waals surface area (Å²) in [4.78, 5) is 12.0. The summed E-state index contributed by atoms with van der Waals surface area (Å²) in [5, 5.41) is 19.7. The third-order valence-corrected chi connectivity index (χ3v) is 2.82. The lowest BCUT2D eigenvalue weighted by molar-refractivity contribution is 0.0911. The maximum absolute atomic E-state index is 12.0. The van der Waals surface area contributed by atoms with Gasteiger partial charge >= 0.3 is 0 Å². The molecule has 1 unspecified atom stereocenters. The van der Waals surface area contributed by atoms with Gasteiger partial charge in [0, 0.05) is 6.54 Å². The number of nitrogens with zero attached hydrogens (tertiary/aromatic N) is 3. The van der Waals surface area contributed by atoms with Crippen LogP contribution < -0.4 is 11.1 Å². The van der Waals surface area contributed by atoms with Crippen molar-refractivity contribution < 1.29 is 9.90 Å². The molecule has 0 aliphatic rings. The molecule has 0 fully saturated rings. The summed E-state index contributed by atoms with van der Waals surface area (Å²) < 4.78 is 1.51. The number of aromatic nitrogens is 3. The highest BCUT2D eigenvalue weighted by Gasteiger charge is 2.17. The van der Waals surface area contributed by atoms with Gasteiger partial charge in [0.2, 0.25) is 0 Å². The Balaban J connectivity index is 2.05. The van der Waals surface area contributed by atoms with Crippen LogP contribution in [0.5, 0.6) is 0 Å². The normalized spacial score (nSPS) is 12.1. The number of aliphatic hydroxyl groups is 1. The molecule has 0 radical (unpaired) electrons. The second-order valence-corrected chi connectivity index (χ2v) is 4.27. The Morgan fingerprint density at radius 1 is 1.40 bits per heavy atom. The van der Waals surface area contributed by atoms with Crippen molar-refractivity contribution >= 4 is 5.91 Å². The quantitative estimate of drug-likeness (QED) is 0.671. The van der Waals surface area contributed by atoms with Crippen molar-refractivity contribution in [1.29, 1.82) is 0 Å². The third-order valence-electron chi connectivity index (χ3n) is 2.82. The Morgan fingerprint density at radius 3 is 2.80 bits per heavy atom. The first-order valence-corrected chi connectivity index (χ1v) is 6.31. The highest BCUT2D eigenvalue weighted by molar-refractivity contribution is 5.92. The van der Waals surface area contributed by atoms with Gasteiger partial charge in [-0.1, -0.05) is 35.5 Å². The third kappa shape index (κ3) is 3.40. The summed E-state index contributed by atoms with van der Waals surface area (Å²) in [5.74, 6) is -0.379. The van der Waals surface area contributed by atoms with Gasteiger partial charge in [0.1, 0.15) is 0 Å². The number of rotatable bonds is 6. The predicted octanol–water partition coefficient (Wildman–Crippen LogP) is -0.300. The molecule has 1 atom stereocenters. The summed E-state index contributed by atoms with van der Waals surface area (Å²) in [6, 6.07) is 8.78. The van der Waals surface area contributed by atoms with E-state index < -0.39 is 6.04 Å². The van der Waals surface area contributed by atoms with Crippen LogP contribution in [0.15, 0.2) is 36.5 Å². The van der Waals surface area contributed by atoms with Crippen LogP contribution in [0.4, 0.5) is 0 Å². The second-order valence-electron chi connectivity index (χ2n) is 4.27. The van der Waals surface area contributed by atoms with Gasteiger partial charge in [-0.05, 0) is 5.56 Å². The molecule has 1 aromatic heterocycles. The maximum Gasteiger partial charge on any atom is 0.274 e.